The van der Waals surface area contributed by atoms with Crippen LogP contribution in [-0.4, -0.2) is 24.1 Å². The molecule has 0 unspecified atom stereocenters. The first kappa shape index (κ1) is 20.0. The first-order valence-electron chi connectivity index (χ1n) is 7.52. The molecule has 0 radical (unpaired) electrons. The molecule has 5 heteroatoms. The minimum atomic E-state index is -0.604. The number of carbonyl (C=O) groups is 2. The lowest BCUT2D eigenvalue weighted by atomic mass is 10.2. The maximum Gasteiger partial charge on any atom is 0.408 e. The number of alkyl carbamates (subject to hydrolysis) is 1. The van der Waals surface area contributed by atoms with Crippen molar-refractivity contribution in [2.24, 2.45) is 0 Å². The standard InChI is InChI=1S/C14H20N2O3.C3H8/c1-10-7-5-6-8-11(10)16-12(17)9-15-13(18)19-14(2,3)4;1-3-2/h5-8H,9H2,1-4H3,(H,15,18)(H,16,17);3H2,1-2H3. The van der Waals surface area contributed by atoms with Crippen LogP contribution in [0, 0.1) is 6.92 Å². The normalized spacial score (nSPS) is 10.1. The zero-order valence-corrected chi connectivity index (χ0v) is 14.4. The van der Waals surface area contributed by atoms with E-state index in [-0.39, 0.29) is 12.5 Å². The quantitative estimate of drug-likeness (QED) is 0.890. The third-order valence-electron chi connectivity index (χ3n) is 2.21. The van der Waals surface area contributed by atoms with Gasteiger partial charge in [0.15, 0.2) is 0 Å². The van der Waals surface area contributed by atoms with E-state index >= 15 is 0 Å². The van der Waals surface area contributed by atoms with Gasteiger partial charge in [0.2, 0.25) is 5.91 Å². The van der Waals surface area contributed by atoms with Crippen molar-refractivity contribution in [2.45, 2.75) is 53.6 Å². The molecule has 0 aliphatic heterocycles. The van der Waals surface area contributed by atoms with Crippen LogP contribution in [0.25, 0.3) is 0 Å². The van der Waals surface area contributed by atoms with Gasteiger partial charge in [-0.2, -0.15) is 0 Å². The van der Waals surface area contributed by atoms with Crippen LogP contribution in [0.3, 0.4) is 0 Å². The van der Waals surface area contributed by atoms with Gasteiger partial charge in [0.25, 0.3) is 0 Å². The van der Waals surface area contributed by atoms with Gasteiger partial charge in [0, 0.05) is 5.69 Å². The molecular formula is C17H28N2O3. The number of hydrogen-bond donors (Lipinski definition) is 2. The Morgan fingerprint density at radius 1 is 1.14 bits per heavy atom. The molecule has 0 saturated carbocycles. The van der Waals surface area contributed by atoms with Crippen LogP contribution in [0.1, 0.15) is 46.6 Å². The number of ether oxygens (including phenoxy) is 1. The molecule has 0 bridgehead atoms. The van der Waals surface area contributed by atoms with Crippen molar-refractivity contribution in [3.63, 3.8) is 0 Å². The van der Waals surface area contributed by atoms with E-state index in [9.17, 15) is 9.59 Å². The van der Waals surface area contributed by atoms with Gasteiger partial charge in [0.1, 0.15) is 12.1 Å². The van der Waals surface area contributed by atoms with Crippen molar-refractivity contribution < 1.29 is 14.3 Å². The summed E-state index contributed by atoms with van der Waals surface area (Å²) in [5.41, 5.74) is 1.13. The fourth-order valence-corrected chi connectivity index (χ4v) is 1.37. The second-order valence-corrected chi connectivity index (χ2v) is 5.93. The Morgan fingerprint density at radius 3 is 2.18 bits per heavy atom. The van der Waals surface area contributed by atoms with Gasteiger partial charge in [-0.25, -0.2) is 4.79 Å². The van der Waals surface area contributed by atoms with Crippen LogP contribution >= 0.6 is 0 Å². The predicted octanol–water partition coefficient (Wildman–Crippen LogP) is 3.87. The largest absolute Gasteiger partial charge is 0.444 e. The predicted molar refractivity (Wildman–Crippen MR) is 90.0 cm³/mol. The van der Waals surface area contributed by atoms with E-state index in [4.69, 9.17) is 4.74 Å². The van der Waals surface area contributed by atoms with Gasteiger partial charge < -0.3 is 15.4 Å². The van der Waals surface area contributed by atoms with Gasteiger partial charge in [-0.05, 0) is 39.3 Å². The van der Waals surface area contributed by atoms with Gasteiger partial charge in [-0.1, -0.05) is 38.5 Å². The minimum Gasteiger partial charge on any atom is -0.444 e. The molecule has 0 aliphatic rings. The van der Waals surface area contributed by atoms with Crippen LogP contribution in [0.2, 0.25) is 0 Å². The number of aryl methyl sites for hydroxylation is 1. The van der Waals surface area contributed by atoms with Gasteiger partial charge in [-0.15, -0.1) is 0 Å². The van der Waals surface area contributed by atoms with Crippen LogP contribution in [0.5, 0.6) is 0 Å². The van der Waals surface area contributed by atoms with E-state index in [1.165, 1.54) is 6.42 Å². The first-order chi connectivity index (χ1) is 10.2. The summed E-state index contributed by atoms with van der Waals surface area (Å²) >= 11 is 0. The van der Waals surface area contributed by atoms with E-state index in [0.717, 1.165) is 11.3 Å². The van der Waals surface area contributed by atoms with Gasteiger partial charge in [-0.3, -0.25) is 4.79 Å². The average molecular weight is 308 g/mol. The van der Waals surface area contributed by atoms with E-state index in [1.807, 2.05) is 25.1 Å². The lowest BCUT2D eigenvalue weighted by Gasteiger charge is -2.19. The number of amides is 2. The molecular weight excluding hydrogens is 280 g/mol. The summed E-state index contributed by atoms with van der Waals surface area (Å²) in [5.74, 6) is -0.292. The summed E-state index contributed by atoms with van der Waals surface area (Å²) in [7, 11) is 0. The van der Waals surface area contributed by atoms with E-state index in [0.29, 0.717) is 0 Å². The fourth-order valence-electron chi connectivity index (χ4n) is 1.37. The Bertz CT molecular complexity index is 479. The zero-order valence-electron chi connectivity index (χ0n) is 14.4. The second-order valence-electron chi connectivity index (χ2n) is 5.93. The summed E-state index contributed by atoms with van der Waals surface area (Å²) in [6.07, 6.45) is 0.646. The lowest BCUT2D eigenvalue weighted by Crippen LogP contribution is -2.37. The smallest absolute Gasteiger partial charge is 0.408 e. The fraction of sp³-hybridized carbons (Fsp3) is 0.529. The Hall–Kier alpha value is -2.04. The third-order valence-corrected chi connectivity index (χ3v) is 2.21. The topological polar surface area (TPSA) is 67.4 Å². The SMILES string of the molecule is CCC.Cc1ccccc1NC(=O)CNC(=O)OC(C)(C)C. The number of carbonyl (C=O) groups excluding carboxylic acids is 2. The monoisotopic (exact) mass is 308 g/mol. The Balaban J connectivity index is 0.00000135. The number of nitrogens with one attached hydrogen (secondary N) is 2. The molecule has 5 nitrogen and oxygen atoms in total. The molecule has 1 aromatic rings. The molecule has 2 N–H and O–H groups in total. The Labute approximate surface area is 133 Å². The maximum atomic E-state index is 11.7. The molecule has 0 atom stereocenters. The summed E-state index contributed by atoms with van der Waals surface area (Å²) in [6.45, 7) is 11.3. The molecule has 0 aromatic heterocycles. The Morgan fingerprint density at radius 2 is 1.68 bits per heavy atom. The van der Waals surface area contributed by atoms with E-state index in [1.54, 1.807) is 26.8 Å². The molecule has 2 amide bonds. The zero-order chi connectivity index (χ0) is 17.2. The molecule has 0 aliphatic carbocycles. The third kappa shape index (κ3) is 9.80. The molecule has 22 heavy (non-hydrogen) atoms. The molecule has 124 valence electrons. The Kier molecular flexibility index (Phi) is 8.91. The number of para-hydroxylation sites is 1. The highest BCUT2D eigenvalue weighted by molar-refractivity contribution is 5.94. The lowest BCUT2D eigenvalue weighted by molar-refractivity contribution is -0.115. The molecule has 0 fully saturated rings. The summed E-state index contributed by atoms with van der Waals surface area (Å²) in [6, 6.07) is 7.44. The highest BCUT2D eigenvalue weighted by Gasteiger charge is 2.16. The molecule has 0 spiro atoms. The van der Waals surface area contributed by atoms with Gasteiger partial charge in [0.05, 0.1) is 0 Å². The van der Waals surface area contributed by atoms with Crippen molar-refractivity contribution in [1.29, 1.82) is 0 Å². The van der Waals surface area contributed by atoms with Crippen LogP contribution in [0.4, 0.5) is 10.5 Å². The summed E-state index contributed by atoms with van der Waals surface area (Å²) < 4.78 is 5.03. The number of rotatable bonds is 3. The maximum absolute atomic E-state index is 11.7. The number of benzene rings is 1. The van der Waals surface area contributed by atoms with Crippen molar-refractivity contribution in [2.75, 3.05) is 11.9 Å². The molecule has 0 saturated heterocycles. The van der Waals surface area contributed by atoms with Crippen molar-refractivity contribution in [3.8, 4) is 0 Å². The van der Waals surface area contributed by atoms with E-state index in [2.05, 4.69) is 24.5 Å². The molecule has 1 rings (SSSR count). The van der Waals surface area contributed by atoms with Crippen molar-refractivity contribution in [3.05, 3.63) is 29.8 Å². The van der Waals surface area contributed by atoms with Crippen LogP contribution in [0.15, 0.2) is 24.3 Å². The number of hydrogen-bond acceptors (Lipinski definition) is 3. The first-order valence-corrected chi connectivity index (χ1v) is 7.52. The van der Waals surface area contributed by atoms with E-state index < -0.39 is 11.7 Å². The highest BCUT2D eigenvalue weighted by Crippen LogP contribution is 2.12. The second kappa shape index (κ2) is 9.82. The molecule has 0 heterocycles. The number of anilines is 1. The minimum absolute atomic E-state index is 0.122. The van der Waals surface area contributed by atoms with Crippen LogP contribution < -0.4 is 10.6 Å². The van der Waals surface area contributed by atoms with Crippen LogP contribution in [-0.2, 0) is 9.53 Å². The summed E-state index contributed by atoms with van der Waals surface area (Å²) in [4.78, 5) is 23.0. The summed E-state index contributed by atoms with van der Waals surface area (Å²) in [5, 5.41) is 5.12. The highest BCUT2D eigenvalue weighted by atomic mass is 16.6. The van der Waals surface area contributed by atoms with Gasteiger partial charge >= 0.3 is 6.09 Å². The van der Waals surface area contributed by atoms with Crippen molar-refractivity contribution >= 4 is 17.7 Å². The average Bonchev–Trinajstić information content (AvgIpc) is 2.38. The van der Waals surface area contributed by atoms with Crippen molar-refractivity contribution in [1.82, 2.24) is 5.32 Å². The molecule has 1 aromatic carbocycles.